The SMILES string of the molecule is CCCC1=C(C(=O)OCC)[C@H](c2cc(Cl)ccc2OC)n2c(s/c(=C/c3ccc(OC)c(OC)c3OC)c2=O)=N1. The molecule has 0 N–H and O–H groups in total. The summed E-state index contributed by atoms with van der Waals surface area (Å²) in [5, 5.41) is 0.435. The van der Waals surface area contributed by atoms with E-state index >= 15 is 0 Å². The lowest BCUT2D eigenvalue weighted by Crippen LogP contribution is -2.40. The van der Waals surface area contributed by atoms with Gasteiger partial charge in [0.2, 0.25) is 5.75 Å². The first kappa shape index (κ1) is 29.2. The molecule has 0 aliphatic carbocycles. The zero-order valence-corrected chi connectivity index (χ0v) is 24.8. The summed E-state index contributed by atoms with van der Waals surface area (Å²) in [4.78, 5) is 32.7. The number of ether oxygens (including phenoxy) is 5. The summed E-state index contributed by atoms with van der Waals surface area (Å²) < 4.78 is 29.5. The van der Waals surface area contributed by atoms with E-state index in [1.54, 1.807) is 43.3 Å². The Morgan fingerprint density at radius 1 is 1.02 bits per heavy atom. The minimum absolute atomic E-state index is 0.171. The van der Waals surface area contributed by atoms with Crippen molar-refractivity contribution in [3.8, 4) is 23.0 Å². The number of hydrogen-bond donors (Lipinski definition) is 0. The van der Waals surface area contributed by atoms with E-state index < -0.39 is 12.0 Å². The summed E-state index contributed by atoms with van der Waals surface area (Å²) in [6.07, 6.45) is 2.96. The highest BCUT2D eigenvalue weighted by Crippen LogP contribution is 2.40. The fourth-order valence-corrected chi connectivity index (χ4v) is 5.90. The topological polar surface area (TPSA) is 97.6 Å². The Morgan fingerprint density at radius 3 is 2.35 bits per heavy atom. The number of allylic oxidation sites excluding steroid dienone is 1. The van der Waals surface area contributed by atoms with Gasteiger partial charge in [-0.05, 0) is 49.8 Å². The summed E-state index contributed by atoms with van der Waals surface area (Å²) in [5.41, 5.74) is 1.67. The smallest absolute Gasteiger partial charge is 0.338 e. The molecule has 11 heteroatoms. The lowest BCUT2D eigenvalue weighted by Gasteiger charge is -2.27. The van der Waals surface area contributed by atoms with Crippen molar-refractivity contribution >= 4 is 35.0 Å². The summed E-state index contributed by atoms with van der Waals surface area (Å²) in [6, 6.07) is 7.76. The van der Waals surface area contributed by atoms with Gasteiger partial charge in [0, 0.05) is 16.1 Å². The van der Waals surface area contributed by atoms with E-state index in [0.717, 1.165) is 6.42 Å². The quantitative estimate of drug-likeness (QED) is 0.327. The molecule has 0 unspecified atom stereocenters. The van der Waals surface area contributed by atoms with Crippen molar-refractivity contribution in [2.75, 3.05) is 35.0 Å². The summed E-state index contributed by atoms with van der Waals surface area (Å²) in [5.74, 6) is 1.25. The fraction of sp³-hybridized carbons (Fsp3) is 0.345. The van der Waals surface area contributed by atoms with Crippen molar-refractivity contribution in [2.24, 2.45) is 4.99 Å². The van der Waals surface area contributed by atoms with Gasteiger partial charge in [-0.1, -0.05) is 36.3 Å². The number of fused-ring (bicyclic) bond motifs is 1. The van der Waals surface area contributed by atoms with Crippen LogP contribution in [0.5, 0.6) is 23.0 Å². The van der Waals surface area contributed by atoms with Gasteiger partial charge in [0.25, 0.3) is 5.56 Å². The van der Waals surface area contributed by atoms with E-state index in [1.165, 1.54) is 44.3 Å². The number of halogens is 1. The van der Waals surface area contributed by atoms with Gasteiger partial charge < -0.3 is 23.7 Å². The first-order chi connectivity index (χ1) is 19.3. The Hall–Kier alpha value is -3.76. The van der Waals surface area contributed by atoms with Crippen molar-refractivity contribution < 1.29 is 28.5 Å². The molecule has 1 aliphatic rings. The zero-order valence-electron chi connectivity index (χ0n) is 23.2. The predicted molar refractivity (Wildman–Crippen MR) is 154 cm³/mol. The number of esters is 1. The third kappa shape index (κ3) is 5.33. The second kappa shape index (κ2) is 12.6. The maximum atomic E-state index is 14.1. The Bertz CT molecular complexity index is 1640. The molecular weight excluding hydrogens is 556 g/mol. The molecule has 9 nitrogen and oxygen atoms in total. The first-order valence-electron chi connectivity index (χ1n) is 12.7. The third-order valence-corrected chi connectivity index (χ3v) is 7.62. The number of benzene rings is 2. The summed E-state index contributed by atoms with van der Waals surface area (Å²) >= 11 is 7.62. The number of aromatic nitrogens is 1. The maximum Gasteiger partial charge on any atom is 0.338 e. The average Bonchev–Trinajstić information content (AvgIpc) is 3.26. The molecule has 40 heavy (non-hydrogen) atoms. The van der Waals surface area contributed by atoms with E-state index in [1.807, 2.05) is 6.92 Å². The Balaban J connectivity index is 2.06. The number of rotatable bonds is 10. The fourth-order valence-electron chi connectivity index (χ4n) is 4.71. The van der Waals surface area contributed by atoms with E-state index in [9.17, 15) is 9.59 Å². The molecule has 0 saturated carbocycles. The molecule has 3 aromatic rings. The average molecular weight is 587 g/mol. The predicted octanol–water partition coefficient (Wildman–Crippen LogP) is 4.27. The highest BCUT2D eigenvalue weighted by molar-refractivity contribution is 7.07. The highest BCUT2D eigenvalue weighted by atomic mass is 35.5. The van der Waals surface area contributed by atoms with Crippen LogP contribution < -0.4 is 33.8 Å². The van der Waals surface area contributed by atoms with Gasteiger partial charge in [0.15, 0.2) is 16.3 Å². The summed E-state index contributed by atoms with van der Waals surface area (Å²) in [6.45, 7) is 3.91. The zero-order chi connectivity index (χ0) is 29.0. The van der Waals surface area contributed by atoms with Gasteiger partial charge in [0.05, 0.1) is 50.8 Å². The minimum Gasteiger partial charge on any atom is -0.496 e. The van der Waals surface area contributed by atoms with Crippen LogP contribution in [0.4, 0.5) is 0 Å². The van der Waals surface area contributed by atoms with Crippen molar-refractivity contribution in [1.29, 1.82) is 0 Å². The first-order valence-corrected chi connectivity index (χ1v) is 13.9. The number of methoxy groups -OCH3 is 4. The molecule has 0 saturated heterocycles. The molecule has 0 bridgehead atoms. The van der Waals surface area contributed by atoms with E-state index in [4.69, 9.17) is 40.3 Å². The number of carbonyl (C=O) groups is 1. The van der Waals surface area contributed by atoms with Crippen molar-refractivity contribution in [3.63, 3.8) is 0 Å². The van der Waals surface area contributed by atoms with Gasteiger partial charge in [-0.2, -0.15) is 0 Å². The van der Waals surface area contributed by atoms with Crippen LogP contribution in [0.25, 0.3) is 6.08 Å². The van der Waals surface area contributed by atoms with E-state index in [0.29, 0.717) is 60.6 Å². The highest BCUT2D eigenvalue weighted by Gasteiger charge is 2.36. The van der Waals surface area contributed by atoms with Crippen molar-refractivity contribution in [2.45, 2.75) is 32.7 Å². The second-order valence-electron chi connectivity index (χ2n) is 8.72. The molecule has 4 rings (SSSR count). The second-order valence-corrected chi connectivity index (χ2v) is 10.2. The third-order valence-electron chi connectivity index (χ3n) is 6.40. The molecule has 0 radical (unpaired) electrons. The lowest BCUT2D eigenvalue weighted by atomic mass is 9.93. The van der Waals surface area contributed by atoms with Crippen LogP contribution in [0, 0.1) is 0 Å². The number of carbonyl (C=O) groups excluding carboxylic acids is 1. The van der Waals surface area contributed by atoms with Gasteiger partial charge >= 0.3 is 5.97 Å². The Kier molecular flexibility index (Phi) is 9.21. The van der Waals surface area contributed by atoms with Crippen LogP contribution >= 0.6 is 22.9 Å². The normalized spacial score (nSPS) is 14.9. The minimum atomic E-state index is -0.861. The molecule has 0 amide bonds. The molecule has 0 spiro atoms. The molecule has 1 atom stereocenters. The van der Waals surface area contributed by atoms with Crippen molar-refractivity contribution in [3.05, 3.63) is 77.4 Å². The van der Waals surface area contributed by atoms with Gasteiger partial charge in [0.1, 0.15) is 11.8 Å². The molecular formula is C29H31ClN2O7S. The maximum absolute atomic E-state index is 14.1. The molecule has 212 valence electrons. The number of nitrogens with zero attached hydrogens (tertiary/aromatic N) is 2. The van der Waals surface area contributed by atoms with Crippen LogP contribution in [0.15, 0.2) is 51.4 Å². The monoisotopic (exact) mass is 586 g/mol. The van der Waals surface area contributed by atoms with Gasteiger partial charge in [-0.25, -0.2) is 9.79 Å². The molecule has 1 aromatic heterocycles. The van der Waals surface area contributed by atoms with Gasteiger partial charge in [-0.15, -0.1) is 0 Å². The van der Waals surface area contributed by atoms with Gasteiger partial charge in [-0.3, -0.25) is 9.36 Å². The largest absolute Gasteiger partial charge is 0.496 e. The van der Waals surface area contributed by atoms with Crippen LogP contribution in [-0.2, 0) is 9.53 Å². The lowest BCUT2D eigenvalue weighted by molar-refractivity contribution is -0.139. The Labute approximate surface area is 240 Å². The van der Waals surface area contributed by atoms with Crippen LogP contribution in [0.2, 0.25) is 5.02 Å². The molecule has 2 heterocycles. The summed E-state index contributed by atoms with van der Waals surface area (Å²) in [7, 11) is 6.10. The van der Waals surface area contributed by atoms with Crippen LogP contribution in [0.3, 0.4) is 0 Å². The molecule has 1 aliphatic heterocycles. The van der Waals surface area contributed by atoms with E-state index in [2.05, 4.69) is 0 Å². The standard InChI is InChI=1S/C29H31ClN2O7S/c1-7-9-19-23(28(34)39-8-2)24(18-15-17(30)11-13-20(18)35-3)32-27(33)22(40-29(32)31-19)14-16-10-12-21(36-4)26(38-6)25(16)37-5/h10-15,24H,7-9H2,1-6H3/b22-14+/t24-/m0/s1. The molecule has 2 aromatic carbocycles. The van der Waals surface area contributed by atoms with Crippen LogP contribution in [0.1, 0.15) is 43.9 Å². The van der Waals surface area contributed by atoms with E-state index in [-0.39, 0.29) is 17.7 Å². The number of hydrogen-bond acceptors (Lipinski definition) is 9. The Morgan fingerprint density at radius 2 is 1.73 bits per heavy atom. The van der Waals surface area contributed by atoms with Crippen molar-refractivity contribution in [1.82, 2.24) is 4.57 Å². The molecule has 0 fully saturated rings. The number of thiazole rings is 1. The van der Waals surface area contributed by atoms with Crippen LogP contribution in [-0.4, -0.2) is 45.6 Å².